The van der Waals surface area contributed by atoms with Gasteiger partial charge in [0.25, 0.3) is 0 Å². The number of pyridine rings is 1. The number of nitrogens with zero attached hydrogens (tertiary/aromatic N) is 1. The topological polar surface area (TPSA) is 52.0 Å². The average molecular weight is 242 g/mol. The van der Waals surface area contributed by atoms with Crippen LogP contribution in [0.4, 0.5) is 10.2 Å². The van der Waals surface area contributed by atoms with Crippen LogP contribution in [0.1, 0.15) is 5.56 Å². The molecule has 0 atom stereocenters. The Morgan fingerprint density at radius 2 is 2.11 bits per heavy atom. The second kappa shape index (κ2) is 3.84. The minimum atomic E-state index is -0.376. The molecule has 0 amide bonds. The van der Waals surface area contributed by atoms with Crippen molar-refractivity contribution < 1.29 is 8.81 Å². The fourth-order valence-electron chi connectivity index (χ4n) is 2.05. The highest BCUT2D eigenvalue weighted by Gasteiger charge is 2.14. The molecule has 4 heteroatoms. The van der Waals surface area contributed by atoms with Crippen molar-refractivity contribution in [1.29, 1.82) is 0 Å². The van der Waals surface area contributed by atoms with Gasteiger partial charge in [-0.05, 0) is 30.7 Å². The van der Waals surface area contributed by atoms with Crippen molar-refractivity contribution in [2.75, 3.05) is 5.73 Å². The molecule has 0 saturated carbocycles. The van der Waals surface area contributed by atoms with Crippen LogP contribution < -0.4 is 5.73 Å². The van der Waals surface area contributed by atoms with Crippen LogP contribution in [0, 0.1) is 12.7 Å². The number of nitrogen functional groups attached to an aromatic ring is 1. The summed E-state index contributed by atoms with van der Waals surface area (Å²) >= 11 is 0. The molecule has 0 aliphatic heterocycles. The Kier molecular flexibility index (Phi) is 2.30. The molecule has 0 unspecified atom stereocenters. The molecule has 1 aromatic carbocycles. The third-order valence-electron chi connectivity index (χ3n) is 2.93. The second-order valence-corrected chi connectivity index (χ2v) is 4.16. The first kappa shape index (κ1) is 10.8. The largest absolute Gasteiger partial charge is 0.453 e. The zero-order valence-corrected chi connectivity index (χ0v) is 9.77. The molecule has 3 aromatic rings. The van der Waals surface area contributed by atoms with E-state index in [0.29, 0.717) is 22.5 Å². The van der Waals surface area contributed by atoms with Crippen LogP contribution in [-0.2, 0) is 0 Å². The van der Waals surface area contributed by atoms with Crippen LogP contribution in [-0.4, -0.2) is 4.98 Å². The van der Waals surface area contributed by atoms with Crippen LogP contribution in [0.2, 0.25) is 0 Å². The number of halogens is 1. The SMILES string of the molecule is Cc1ccnc(N)c1-c1cc2cccc(F)c2o1. The van der Waals surface area contributed by atoms with Crippen molar-refractivity contribution in [2.24, 2.45) is 0 Å². The Bertz CT molecular complexity index is 713. The molecule has 0 spiro atoms. The van der Waals surface area contributed by atoms with Gasteiger partial charge in [0.2, 0.25) is 0 Å². The molecule has 0 bridgehead atoms. The second-order valence-electron chi connectivity index (χ2n) is 4.16. The number of furan rings is 1. The first-order valence-electron chi connectivity index (χ1n) is 5.56. The van der Waals surface area contributed by atoms with Gasteiger partial charge in [-0.1, -0.05) is 12.1 Å². The van der Waals surface area contributed by atoms with Crippen LogP contribution in [0.3, 0.4) is 0 Å². The molecule has 2 heterocycles. The summed E-state index contributed by atoms with van der Waals surface area (Å²) in [6, 6.07) is 8.44. The number of para-hydroxylation sites is 1. The molecule has 2 N–H and O–H groups in total. The van der Waals surface area contributed by atoms with Crippen LogP contribution in [0.15, 0.2) is 40.9 Å². The molecular formula is C14H11FN2O. The van der Waals surface area contributed by atoms with Gasteiger partial charge < -0.3 is 10.2 Å². The van der Waals surface area contributed by atoms with Crippen molar-refractivity contribution in [3.8, 4) is 11.3 Å². The van der Waals surface area contributed by atoms with E-state index < -0.39 is 0 Å². The maximum absolute atomic E-state index is 13.6. The number of nitrogens with two attached hydrogens (primary N) is 1. The minimum absolute atomic E-state index is 0.246. The normalized spacial score (nSPS) is 11.0. The Hall–Kier alpha value is -2.36. The summed E-state index contributed by atoms with van der Waals surface area (Å²) in [7, 11) is 0. The van der Waals surface area contributed by atoms with Crippen molar-refractivity contribution in [1.82, 2.24) is 4.98 Å². The number of aryl methyl sites for hydroxylation is 1. The molecule has 0 aliphatic carbocycles. The summed E-state index contributed by atoms with van der Waals surface area (Å²) in [5.41, 5.74) is 7.76. The Balaban J connectivity index is 2.30. The van der Waals surface area contributed by atoms with E-state index >= 15 is 0 Å². The van der Waals surface area contributed by atoms with Crippen molar-refractivity contribution in [2.45, 2.75) is 6.92 Å². The molecule has 3 rings (SSSR count). The summed E-state index contributed by atoms with van der Waals surface area (Å²) < 4.78 is 19.1. The molecule has 0 fully saturated rings. The van der Waals surface area contributed by atoms with E-state index in [9.17, 15) is 4.39 Å². The standard InChI is InChI=1S/C14H11FN2O/c1-8-5-6-17-14(16)12(8)11-7-9-3-2-4-10(15)13(9)18-11/h2-7H,1H3,(H2,16,17). The summed E-state index contributed by atoms with van der Waals surface area (Å²) in [6.45, 7) is 1.91. The third kappa shape index (κ3) is 1.54. The summed E-state index contributed by atoms with van der Waals surface area (Å²) in [4.78, 5) is 4.03. The fourth-order valence-corrected chi connectivity index (χ4v) is 2.05. The molecule has 90 valence electrons. The van der Waals surface area contributed by atoms with Crippen LogP contribution in [0.5, 0.6) is 0 Å². The van der Waals surface area contributed by atoms with Gasteiger partial charge in [0.05, 0.1) is 5.56 Å². The van der Waals surface area contributed by atoms with Gasteiger partial charge in [-0.15, -0.1) is 0 Å². The van der Waals surface area contributed by atoms with Gasteiger partial charge >= 0.3 is 0 Å². The number of fused-ring (bicyclic) bond motifs is 1. The predicted octanol–water partition coefficient (Wildman–Crippen LogP) is 3.52. The summed E-state index contributed by atoms with van der Waals surface area (Å²) in [5, 5.41) is 0.715. The van der Waals surface area contributed by atoms with E-state index in [-0.39, 0.29) is 11.4 Å². The lowest BCUT2D eigenvalue weighted by molar-refractivity contribution is 0.568. The zero-order chi connectivity index (χ0) is 12.7. The van der Waals surface area contributed by atoms with E-state index in [4.69, 9.17) is 10.2 Å². The number of hydrogen-bond acceptors (Lipinski definition) is 3. The fraction of sp³-hybridized carbons (Fsp3) is 0.0714. The highest BCUT2D eigenvalue weighted by atomic mass is 19.1. The van der Waals surface area contributed by atoms with Gasteiger partial charge in [0.15, 0.2) is 11.4 Å². The lowest BCUT2D eigenvalue weighted by atomic mass is 10.1. The number of benzene rings is 1. The first-order valence-corrected chi connectivity index (χ1v) is 5.56. The van der Waals surface area contributed by atoms with Crippen molar-refractivity contribution >= 4 is 16.8 Å². The van der Waals surface area contributed by atoms with Gasteiger partial charge in [-0.2, -0.15) is 0 Å². The van der Waals surface area contributed by atoms with E-state index in [2.05, 4.69) is 4.98 Å². The van der Waals surface area contributed by atoms with Gasteiger partial charge in [0, 0.05) is 11.6 Å². The molecule has 0 aliphatic rings. The molecule has 2 aromatic heterocycles. The van der Waals surface area contributed by atoms with Gasteiger partial charge in [0.1, 0.15) is 11.6 Å². The molecule has 0 radical (unpaired) electrons. The Labute approximate surface area is 103 Å². The molecular weight excluding hydrogens is 231 g/mol. The molecule has 3 nitrogen and oxygen atoms in total. The monoisotopic (exact) mass is 242 g/mol. The van der Waals surface area contributed by atoms with Gasteiger partial charge in [-0.3, -0.25) is 0 Å². The van der Waals surface area contributed by atoms with Crippen LogP contribution in [0.25, 0.3) is 22.3 Å². The van der Waals surface area contributed by atoms with E-state index in [1.165, 1.54) is 6.07 Å². The van der Waals surface area contributed by atoms with E-state index in [1.54, 1.807) is 24.4 Å². The quantitative estimate of drug-likeness (QED) is 0.710. The number of rotatable bonds is 1. The predicted molar refractivity (Wildman–Crippen MR) is 68.6 cm³/mol. The third-order valence-corrected chi connectivity index (χ3v) is 2.93. The van der Waals surface area contributed by atoms with Crippen LogP contribution >= 0.6 is 0 Å². The molecule has 18 heavy (non-hydrogen) atoms. The highest BCUT2D eigenvalue weighted by molar-refractivity contribution is 5.86. The van der Waals surface area contributed by atoms with Crippen molar-refractivity contribution in [3.05, 3.63) is 47.9 Å². The minimum Gasteiger partial charge on any atom is -0.453 e. The van der Waals surface area contributed by atoms with Gasteiger partial charge in [-0.25, -0.2) is 9.37 Å². The highest BCUT2D eigenvalue weighted by Crippen LogP contribution is 2.33. The number of aromatic nitrogens is 1. The number of anilines is 1. The maximum atomic E-state index is 13.6. The van der Waals surface area contributed by atoms with E-state index in [0.717, 1.165) is 5.56 Å². The first-order chi connectivity index (χ1) is 8.66. The number of hydrogen-bond donors (Lipinski definition) is 1. The Morgan fingerprint density at radius 3 is 2.83 bits per heavy atom. The smallest absolute Gasteiger partial charge is 0.170 e. The lowest BCUT2D eigenvalue weighted by Crippen LogP contribution is -1.95. The van der Waals surface area contributed by atoms with E-state index in [1.807, 2.05) is 13.0 Å². The summed E-state index contributed by atoms with van der Waals surface area (Å²) in [6.07, 6.45) is 1.64. The summed E-state index contributed by atoms with van der Waals surface area (Å²) in [5.74, 6) is 0.548. The lowest BCUT2D eigenvalue weighted by Gasteiger charge is -2.04. The Morgan fingerprint density at radius 1 is 1.28 bits per heavy atom. The molecule has 0 saturated heterocycles. The average Bonchev–Trinajstić information content (AvgIpc) is 2.74. The maximum Gasteiger partial charge on any atom is 0.170 e. The van der Waals surface area contributed by atoms with Crippen molar-refractivity contribution in [3.63, 3.8) is 0 Å². The zero-order valence-electron chi connectivity index (χ0n) is 9.77.